The first-order chi connectivity index (χ1) is 9.28. The summed E-state index contributed by atoms with van der Waals surface area (Å²) >= 11 is 0. The van der Waals surface area contributed by atoms with E-state index >= 15 is 0 Å². The van der Waals surface area contributed by atoms with Crippen molar-refractivity contribution in [1.82, 2.24) is 10.2 Å². The molecule has 2 aliphatic rings. The van der Waals surface area contributed by atoms with Crippen LogP contribution in [-0.2, 0) is 24.2 Å². The fourth-order valence-corrected chi connectivity index (χ4v) is 4.09. The Morgan fingerprint density at radius 1 is 1.40 bits per heavy atom. The number of aliphatic carboxylic acids is 1. The summed E-state index contributed by atoms with van der Waals surface area (Å²) in [5, 5.41) is 11.4. The molecule has 0 aromatic heterocycles. The first kappa shape index (κ1) is 14.8. The Kier molecular flexibility index (Phi) is 3.98. The normalized spacial score (nSPS) is 29.0. The van der Waals surface area contributed by atoms with Crippen LogP contribution in [0.4, 0.5) is 0 Å². The molecule has 2 fully saturated rings. The van der Waals surface area contributed by atoms with Gasteiger partial charge in [0.25, 0.3) is 0 Å². The van der Waals surface area contributed by atoms with E-state index in [1.807, 2.05) is 0 Å². The molecule has 9 heteroatoms. The van der Waals surface area contributed by atoms with Gasteiger partial charge in [0.1, 0.15) is 0 Å². The molecule has 0 aromatic rings. The van der Waals surface area contributed by atoms with Crippen LogP contribution in [0.1, 0.15) is 12.8 Å². The molecule has 2 N–H and O–H groups in total. The van der Waals surface area contributed by atoms with Crippen molar-refractivity contribution in [3.8, 4) is 0 Å². The van der Waals surface area contributed by atoms with E-state index in [2.05, 4.69) is 5.32 Å². The standard InChI is InChI=1S/C11H16N2O6S/c14-9-3-7(5-12-9)11(17)13-1-2-20(18,19)6-8(13)4-10(15)16/h7-8H,1-6H2,(H,12,14)(H,15,16). The Morgan fingerprint density at radius 3 is 2.65 bits per heavy atom. The van der Waals surface area contributed by atoms with Crippen LogP contribution in [-0.4, -0.2) is 66.8 Å². The van der Waals surface area contributed by atoms with Gasteiger partial charge in [-0.15, -0.1) is 0 Å². The number of sulfone groups is 1. The maximum Gasteiger partial charge on any atom is 0.305 e. The topological polar surface area (TPSA) is 121 Å². The van der Waals surface area contributed by atoms with Crippen molar-refractivity contribution in [1.29, 1.82) is 0 Å². The summed E-state index contributed by atoms with van der Waals surface area (Å²) in [6.07, 6.45) is -0.332. The van der Waals surface area contributed by atoms with Crippen molar-refractivity contribution < 1.29 is 27.9 Å². The zero-order valence-corrected chi connectivity index (χ0v) is 11.6. The lowest BCUT2D eigenvalue weighted by molar-refractivity contribution is -0.142. The van der Waals surface area contributed by atoms with Crippen molar-refractivity contribution in [3.63, 3.8) is 0 Å². The molecule has 2 amide bonds. The summed E-state index contributed by atoms with van der Waals surface area (Å²) in [7, 11) is -3.32. The molecule has 2 rings (SSSR count). The Hall–Kier alpha value is -1.64. The number of nitrogens with zero attached hydrogens (tertiary/aromatic N) is 1. The van der Waals surface area contributed by atoms with Crippen LogP contribution in [0, 0.1) is 5.92 Å². The largest absolute Gasteiger partial charge is 0.481 e. The Morgan fingerprint density at radius 2 is 2.10 bits per heavy atom. The van der Waals surface area contributed by atoms with Gasteiger partial charge in [-0.1, -0.05) is 0 Å². The number of rotatable bonds is 3. The number of carbonyl (C=O) groups is 3. The van der Waals surface area contributed by atoms with E-state index in [1.165, 1.54) is 4.90 Å². The lowest BCUT2D eigenvalue weighted by atomic mass is 10.0. The third kappa shape index (κ3) is 3.27. The molecule has 0 aliphatic carbocycles. The van der Waals surface area contributed by atoms with Gasteiger partial charge in [-0.2, -0.15) is 0 Å². The number of hydrogen-bond acceptors (Lipinski definition) is 5. The highest BCUT2D eigenvalue weighted by Crippen LogP contribution is 2.20. The van der Waals surface area contributed by atoms with Crippen LogP contribution in [0.5, 0.6) is 0 Å². The van der Waals surface area contributed by atoms with Crippen LogP contribution in [0.15, 0.2) is 0 Å². The molecule has 2 unspecified atom stereocenters. The van der Waals surface area contributed by atoms with Gasteiger partial charge in [0.05, 0.1) is 29.9 Å². The molecule has 20 heavy (non-hydrogen) atoms. The Labute approximate surface area is 116 Å². The summed E-state index contributed by atoms with van der Waals surface area (Å²) in [6.45, 7) is 0.213. The van der Waals surface area contributed by atoms with Crippen LogP contribution < -0.4 is 5.32 Å². The summed E-state index contributed by atoms with van der Waals surface area (Å²) < 4.78 is 23.2. The zero-order chi connectivity index (χ0) is 14.9. The van der Waals surface area contributed by atoms with Crippen molar-refractivity contribution in [2.45, 2.75) is 18.9 Å². The summed E-state index contributed by atoms with van der Waals surface area (Å²) in [6, 6.07) is -0.852. The van der Waals surface area contributed by atoms with Crippen LogP contribution in [0.2, 0.25) is 0 Å². The van der Waals surface area contributed by atoms with Gasteiger partial charge in [0.15, 0.2) is 9.84 Å². The van der Waals surface area contributed by atoms with E-state index in [1.54, 1.807) is 0 Å². The second kappa shape index (κ2) is 5.39. The number of hydrogen-bond donors (Lipinski definition) is 2. The molecule has 0 aromatic carbocycles. The maximum atomic E-state index is 12.3. The molecule has 2 atom stereocenters. The van der Waals surface area contributed by atoms with Crippen LogP contribution in [0.3, 0.4) is 0 Å². The lowest BCUT2D eigenvalue weighted by Gasteiger charge is -2.36. The van der Waals surface area contributed by atoms with Crippen molar-refractivity contribution in [2.24, 2.45) is 5.92 Å². The van der Waals surface area contributed by atoms with Crippen molar-refractivity contribution in [3.05, 3.63) is 0 Å². The summed E-state index contributed by atoms with van der Waals surface area (Å²) in [4.78, 5) is 35.6. The quantitative estimate of drug-likeness (QED) is 0.636. The molecule has 0 radical (unpaired) electrons. The summed E-state index contributed by atoms with van der Waals surface area (Å²) in [5.74, 6) is -2.74. The fraction of sp³-hybridized carbons (Fsp3) is 0.727. The van der Waals surface area contributed by atoms with Crippen molar-refractivity contribution >= 4 is 27.6 Å². The second-order valence-corrected chi connectivity index (χ2v) is 7.33. The highest BCUT2D eigenvalue weighted by molar-refractivity contribution is 7.91. The highest BCUT2D eigenvalue weighted by atomic mass is 32.2. The van der Waals surface area contributed by atoms with Gasteiger partial charge < -0.3 is 15.3 Å². The number of amides is 2. The Bertz CT molecular complexity index is 543. The van der Waals surface area contributed by atoms with Gasteiger partial charge >= 0.3 is 5.97 Å². The SMILES string of the molecule is O=C(O)CC1CS(=O)(=O)CCN1C(=O)C1CNC(=O)C1. The lowest BCUT2D eigenvalue weighted by Crippen LogP contribution is -2.53. The van der Waals surface area contributed by atoms with E-state index in [9.17, 15) is 22.8 Å². The number of carbonyl (C=O) groups excluding carboxylic acids is 2. The first-order valence-corrected chi connectivity index (χ1v) is 8.10. The van der Waals surface area contributed by atoms with Gasteiger partial charge in [0.2, 0.25) is 11.8 Å². The van der Waals surface area contributed by atoms with Crippen LogP contribution in [0.25, 0.3) is 0 Å². The third-order valence-corrected chi connectivity index (χ3v) is 5.25. The zero-order valence-electron chi connectivity index (χ0n) is 10.7. The second-order valence-electron chi connectivity index (χ2n) is 5.10. The molecule has 8 nitrogen and oxygen atoms in total. The molecule has 0 spiro atoms. The monoisotopic (exact) mass is 304 g/mol. The summed E-state index contributed by atoms with van der Waals surface area (Å²) in [5.41, 5.74) is 0. The third-order valence-electron chi connectivity index (χ3n) is 3.55. The fourth-order valence-electron chi connectivity index (χ4n) is 2.56. The molecular formula is C11H16N2O6S. The van der Waals surface area contributed by atoms with E-state index in [4.69, 9.17) is 5.11 Å². The van der Waals surface area contributed by atoms with E-state index < -0.39 is 34.2 Å². The molecule has 0 bridgehead atoms. The van der Waals surface area contributed by atoms with Gasteiger partial charge in [-0.3, -0.25) is 14.4 Å². The maximum absolute atomic E-state index is 12.3. The number of nitrogens with one attached hydrogen (secondary N) is 1. The van der Waals surface area contributed by atoms with Crippen molar-refractivity contribution in [2.75, 3.05) is 24.6 Å². The molecule has 112 valence electrons. The highest BCUT2D eigenvalue weighted by Gasteiger charge is 2.39. The van der Waals surface area contributed by atoms with E-state index in [0.717, 1.165) is 0 Å². The predicted octanol–water partition coefficient (Wildman–Crippen LogP) is -1.78. The minimum atomic E-state index is -3.32. The van der Waals surface area contributed by atoms with Crippen LogP contribution >= 0.6 is 0 Å². The molecule has 2 aliphatic heterocycles. The number of carboxylic acid groups (broad SMARTS) is 1. The molecule has 2 heterocycles. The minimum absolute atomic E-state index is 0.0101. The van der Waals surface area contributed by atoms with Gasteiger partial charge in [-0.05, 0) is 0 Å². The molecule has 0 saturated carbocycles. The predicted molar refractivity (Wildman–Crippen MR) is 67.5 cm³/mol. The molecule has 2 saturated heterocycles. The minimum Gasteiger partial charge on any atom is -0.481 e. The Balaban J connectivity index is 2.13. The van der Waals surface area contributed by atoms with Gasteiger partial charge in [-0.25, -0.2) is 8.42 Å². The van der Waals surface area contributed by atoms with E-state index in [-0.39, 0.29) is 42.8 Å². The smallest absolute Gasteiger partial charge is 0.305 e. The average Bonchev–Trinajstić information content (AvgIpc) is 2.73. The van der Waals surface area contributed by atoms with Gasteiger partial charge in [0, 0.05) is 19.5 Å². The van der Waals surface area contributed by atoms with E-state index in [0.29, 0.717) is 0 Å². The average molecular weight is 304 g/mol. The first-order valence-electron chi connectivity index (χ1n) is 6.28. The molecular weight excluding hydrogens is 288 g/mol. The number of carboxylic acids is 1.